The Balaban J connectivity index is 0. The van der Waals surface area contributed by atoms with Gasteiger partial charge >= 0.3 is 0 Å². The molecule has 3 heteroatoms. The molecule has 1 saturated heterocycles. The van der Waals surface area contributed by atoms with Crippen molar-refractivity contribution in [1.82, 2.24) is 0 Å². The van der Waals surface area contributed by atoms with Crippen LogP contribution in [0.25, 0.3) is 5.32 Å². The molecule has 1 rings (SSSR count). The fraction of sp³-hybridized carbons (Fsp3) is 1.00. The van der Waals surface area contributed by atoms with Crippen LogP contribution >= 0.6 is 0 Å². The molecule has 1 nitrogen and oxygen atoms in total. The molecule has 54 valence electrons. The number of hydrogen-bond donors (Lipinski definition) is 0. The Kier molecular flexibility index (Phi) is 13.6. The minimum absolute atomic E-state index is 0. The molecule has 1 atom stereocenters. The van der Waals surface area contributed by atoms with Crippen molar-refractivity contribution in [2.75, 3.05) is 13.1 Å². The summed E-state index contributed by atoms with van der Waals surface area (Å²) in [6, 6.07) is 0. The molecular formula is C7H14NY2-. The van der Waals surface area contributed by atoms with Crippen LogP contribution in [0.15, 0.2) is 0 Å². The van der Waals surface area contributed by atoms with E-state index in [4.69, 9.17) is 0 Å². The predicted molar refractivity (Wildman–Crippen MR) is 36.1 cm³/mol. The summed E-state index contributed by atoms with van der Waals surface area (Å²) in [6.45, 7) is 4.51. The molecule has 1 unspecified atom stereocenters. The van der Waals surface area contributed by atoms with Gasteiger partial charge in [0.2, 0.25) is 0 Å². The Bertz CT molecular complexity index is 62.6. The van der Waals surface area contributed by atoms with Gasteiger partial charge in [-0.15, -0.1) is 13.1 Å². The van der Waals surface area contributed by atoms with Crippen LogP contribution in [-0.4, -0.2) is 13.1 Å². The number of hydrogen-bond acceptors (Lipinski definition) is 0. The predicted octanol–water partition coefficient (Wildman–Crippen LogP) is 2.18. The Morgan fingerprint density at radius 2 is 2.10 bits per heavy atom. The maximum absolute atomic E-state index is 4.33. The summed E-state index contributed by atoms with van der Waals surface area (Å²) in [4.78, 5) is 0. The Labute approximate surface area is 114 Å². The molecule has 1 fully saturated rings. The second-order valence-corrected chi connectivity index (χ2v) is 2.55. The molecule has 0 aromatic heterocycles. The second-order valence-electron chi connectivity index (χ2n) is 2.55. The minimum atomic E-state index is 0. The zero-order chi connectivity index (χ0) is 5.82. The van der Waals surface area contributed by atoms with Crippen molar-refractivity contribution in [2.24, 2.45) is 5.92 Å². The fourth-order valence-electron chi connectivity index (χ4n) is 1.19. The van der Waals surface area contributed by atoms with Crippen LogP contribution in [0.2, 0.25) is 0 Å². The minimum Gasteiger partial charge on any atom is -0.662 e. The van der Waals surface area contributed by atoms with Crippen LogP contribution in [0.1, 0.15) is 26.2 Å². The van der Waals surface area contributed by atoms with Gasteiger partial charge in [-0.3, -0.25) is 0 Å². The first kappa shape index (κ1) is 14.7. The average Bonchev–Trinajstić information content (AvgIpc) is 1.90. The molecule has 1 aliphatic rings. The molecule has 0 saturated carbocycles. The van der Waals surface area contributed by atoms with Gasteiger partial charge in [0.1, 0.15) is 0 Å². The average molecular weight is 290 g/mol. The van der Waals surface area contributed by atoms with Gasteiger partial charge in [0.15, 0.2) is 0 Å². The van der Waals surface area contributed by atoms with Crippen molar-refractivity contribution in [2.45, 2.75) is 26.2 Å². The topological polar surface area (TPSA) is 14.1 Å². The van der Waals surface area contributed by atoms with Crippen molar-refractivity contribution < 1.29 is 65.4 Å². The van der Waals surface area contributed by atoms with Gasteiger partial charge in [-0.25, -0.2) is 0 Å². The van der Waals surface area contributed by atoms with Crippen LogP contribution in [0.3, 0.4) is 0 Å². The van der Waals surface area contributed by atoms with Gasteiger partial charge in [-0.2, -0.15) is 0 Å². The van der Waals surface area contributed by atoms with E-state index in [1.54, 1.807) is 0 Å². The molecule has 2 radical (unpaired) electrons. The zero-order valence-electron chi connectivity index (χ0n) is 6.71. The molecule has 0 aromatic carbocycles. The summed E-state index contributed by atoms with van der Waals surface area (Å²) < 4.78 is 0. The molecular weight excluding hydrogens is 276 g/mol. The molecule has 1 heterocycles. The summed E-state index contributed by atoms with van der Waals surface area (Å²) in [5.74, 6) is 0.920. The van der Waals surface area contributed by atoms with Gasteiger partial charge in [0.25, 0.3) is 0 Å². The molecule has 0 aliphatic carbocycles. The maximum Gasteiger partial charge on any atom is 0 e. The maximum atomic E-state index is 4.33. The number of rotatable bonds is 1. The van der Waals surface area contributed by atoms with Crippen LogP contribution < -0.4 is 0 Å². The first-order valence-corrected chi connectivity index (χ1v) is 3.56. The van der Waals surface area contributed by atoms with Gasteiger partial charge < -0.3 is 5.32 Å². The first-order chi connectivity index (χ1) is 3.93. The van der Waals surface area contributed by atoms with Crippen LogP contribution in [-0.2, 0) is 65.4 Å². The molecule has 0 bridgehead atoms. The molecule has 10 heavy (non-hydrogen) atoms. The molecule has 0 spiro atoms. The van der Waals surface area contributed by atoms with E-state index in [0.29, 0.717) is 0 Å². The van der Waals surface area contributed by atoms with E-state index in [0.717, 1.165) is 19.0 Å². The van der Waals surface area contributed by atoms with Crippen molar-refractivity contribution in [3.05, 3.63) is 5.32 Å². The normalized spacial score (nSPS) is 24.3. The van der Waals surface area contributed by atoms with E-state index < -0.39 is 0 Å². The summed E-state index contributed by atoms with van der Waals surface area (Å²) in [6.07, 6.45) is 4.07. The number of nitrogens with zero attached hydrogens (tertiary/aromatic N) is 1. The zero-order valence-corrected chi connectivity index (χ0v) is 12.4. The van der Waals surface area contributed by atoms with E-state index in [-0.39, 0.29) is 65.4 Å². The third-order valence-electron chi connectivity index (χ3n) is 1.89. The quantitative estimate of drug-likeness (QED) is 0.703. The smallest absolute Gasteiger partial charge is 0 e. The van der Waals surface area contributed by atoms with Crippen molar-refractivity contribution in [1.29, 1.82) is 0 Å². The van der Waals surface area contributed by atoms with E-state index in [1.807, 2.05) is 0 Å². The SMILES string of the molecule is CCC1CCC[N-]C1.[Y].[Y]. The molecule has 0 aromatic rings. The van der Waals surface area contributed by atoms with Crippen molar-refractivity contribution in [3.8, 4) is 0 Å². The number of piperidine rings is 1. The molecule has 0 N–H and O–H groups in total. The summed E-state index contributed by atoms with van der Waals surface area (Å²) in [5.41, 5.74) is 0. The summed E-state index contributed by atoms with van der Waals surface area (Å²) >= 11 is 0. The van der Waals surface area contributed by atoms with Gasteiger partial charge in [0, 0.05) is 65.4 Å². The summed E-state index contributed by atoms with van der Waals surface area (Å²) in [5, 5.41) is 4.33. The van der Waals surface area contributed by atoms with Gasteiger partial charge in [-0.1, -0.05) is 32.1 Å². The first-order valence-electron chi connectivity index (χ1n) is 3.56. The van der Waals surface area contributed by atoms with Gasteiger partial charge in [-0.05, 0) is 0 Å². The standard InChI is InChI=1S/C7H14N.2Y/c1-2-7-4-3-5-8-6-7;;/h7H,2-6H2,1H3;;/q-1;;. The van der Waals surface area contributed by atoms with E-state index in [9.17, 15) is 0 Å². The van der Waals surface area contributed by atoms with Crippen LogP contribution in [0.4, 0.5) is 0 Å². The van der Waals surface area contributed by atoms with Crippen molar-refractivity contribution >= 4 is 0 Å². The third kappa shape index (κ3) is 5.77. The molecule has 1 aliphatic heterocycles. The van der Waals surface area contributed by atoms with E-state index in [1.165, 1.54) is 19.3 Å². The van der Waals surface area contributed by atoms with E-state index in [2.05, 4.69) is 12.2 Å². The van der Waals surface area contributed by atoms with E-state index >= 15 is 0 Å². The van der Waals surface area contributed by atoms with Crippen molar-refractivity contribution in [3.63, 3.8) is 0 Å². The Morgan fingerprint density at radius 3 is 2.40 bits per heavy atom. The monoisotopic (exact) mass is 290 g/mol. The molecule has 0 amide bonds. The third-order valence-corrected chi connectivity index (χ3v) is 1.89. The second kappa shape index (κ2) is 9.26. The van der Waals surface area contributed by atoms with Crippen LogP contribution in [0, 0.1) is 5.92 Å². The fourth-order valence-corrected chi connectivity index (χ4v) is 1.19. The Hall–Kier alpha value is 2.17. The van der Waals surface area contributed by atoms with Gasteiger partial charge in [0.05, 0.1) is 0 Å². The van der Waals surface area contributed by atoms with Crippen LogP contribution in [0.5, 0.6) is 0 Å². The largest absolute Gasteiger partial charge is 0.662 e. The summed E-state index contributed by atoms with van der Waals surface area (Å²) in [7, 11) is 0. The Morgan fingerprint density at radius 1 is 1.40 bits per heavy atom.